The third kappa shape index (κ3) is 6.00. The van der Waals surface area contributed by atoms with Crippen LogP contribution in [-0.4, -0.2) is 9.81 Å². The van der Waals surface area contributed by atoms with Gasteiger partial charge in [0.25, 0.3) is 0 Å². The Kier molecular flexibility index (Phi) is 7.64. The Bertz CT molecular complexity index is 164. The fraction of sp³-hybridized carbons (Fsp3) is 1.00. The van der Waals surface area contributed by atoms with Gasteiger partial charge in [-0.3, -0.25) is 4.18 Å². The maximum Gasteiger partial charge on any atom is 0.216 e. The Morgan fingerprint density at radius 3 is 1.64 bits per heavy atom. The number of hydrogen-bond acceptors (Lipinski definition) is 3. The van der Waals surface area contributed by atoms with Crippen molar-refractivity contribution in [3.8, 4) is 0 Å². The van der Waals surface area contributed by atoms with Gasteiger partial charge in [0.1, 0.15) is 0 Å². The van der Waals surface area contributed by atoms with E-state index in [1.54, 1.807) is 0 Å². The van der Waals surface area contributed by atoms with E-state index in [1.807, 2.05) is 45.2 Å². The van der Waals surface area contributed by atoms with Gasteiger partial charge in [0.15, 0.2) is -0.565 Å². The third-order valence-electron chi connectivity index (χ3n) is 0.503. The number of alkyl halides is 5. The molecule has 0 N–H and O–H groups in total. The lowest BCUT2D eigenvalue weighted by molar-refractivity contribution is 0.293. The van der Waals surface area contributed by atoms with Gasteiger partial charge in [-0.15, -0.1) is 0 Å². The average Bonchev–Trinajstić information content (AvgIpc) is 1.56. The molecule has 0 aromatic heterocycles. The lowest BCUT2D eigenvalue weighted by Gasteiger charge is -2.29. The second kappa shape index (κ2) is 5.71. The van der Waals surface area contributed by atoms with Gasteiger partial charge in [-0.25, -0.2) is 4.21 Å². The highest BCUT2D eigenvalue weighted by atomic mass is 127. The van der Waals surface area contributed by atoms with E-state index >= 15 is 0 Å². The van der Waals surface area contributed by atoms with Crippen LogP contribution in [0.3, 0.4) is 0 Å². The van der Waals surface area contributed by atoms with Crippen LogP contribution in [0.1, 0.15) is 0 Å². The molecule has 3 nitrogen and oxygen atoms in total. The minimum Gasteiger partial charge on any atom is -0.750 e. The Hall–Kier alpha value is 3.72. The first kappa shape index (κ1) is 14.7. The highest BCUT2D eigenvalue weighted by molar-refractivity contribution is 14.3. The zero-order valence-electron chi connectivity index (χ0n) is 4.52. The lowest BCUT2D eigenvalue weighted by Crippen LogP contribution is -2.31. The van der Waals surface area contributed by atoms with Gasteiger partial charge in [0.2, 0.25) is 1.61 Å². The quantitative estimate of drug-likeness (QED) is 0.254. The van der Waals surface area contributed by atoms with Crippen LogP contribution < -0.4 is 0 Å². The third-order valence-corrected chi connectivity index (χ3v) is 12.0. The van der Waals surface area contributed by atoms with E-state index in [0.717, 1.165) is 0 Å². The summed E-state index contributed by atoms with van der Waals surface area (Å²) in [5.41, 5.74) is 0. The molecule has 0 aromatic carbocycles. The smallest absolute Gasteiger partial charge is 0.216 e. The lowest BCUT2D eigenvalue weighted by atomic mass is 10.9. The Morgan fingerprint density at radius 1 is 1.18 bits per heavy atom. The minimum atomic E-state index is -2.46. The van der Waals surface area contributed by atoms with Crippen molar-refractivity contribution in [3.05, 3.63) is 0 Å². The predicted octanol–water partition coefficient (Wildman–Crippen LogP) is 3.28. The van der Waals surface area contributed by atoms with E-state index in [-0.39, 0.29) is -0.565 Å². The Morgan fingerprint density at radius 2 is 1.55 bits per heavy atom. The highest BCUT2D eigenvalue weighted by Gasteiger charge is 2.44. The second-order valence-electron chi connectivity index (χ2n) is 1.30. The molecule has 1 atom stereocenters. The molecule has 0 aliphatic heterocycles. The van der Waals surface area contributed by atoms with Gasteiger partial charge in [0, 0.05) is 0 Å². The Labute approximate surface area is 135 Å². The number of halogens is 5. The van der Waals surface area contributed by atoms with E-state index in [0.29, 0.717) is 0 Å². The van der Waals surface area contributed by atoms with Crippen molar-refractivity contribution in [2.24, 2.45) is 0 Å². The molecule has 9 heteroatoms. The van der Waals surface area contributed by atoms with Gasteiger partial charge in [0.05, 0.1) is 11.4 Å². The molecule has 11 heavy (non-hydrogen) atoms. The Balaban J connectivity index is 4.34. The monoisotopic (exact) mass is 738 g/mol. The van der Waals surface area contributed by atoms with Gasteiger partial charge in [-0.2, -0.15) is 0 Å². The van der Waals surface area contributed by atoms with Crippen LogP contribution in [0.4, 0.5) is 0 Å². The molecule has 0 aliphatic carbocycles. The SMILES string of the molecule is O=S([O-])OC(I)(I)C(I)(I)I. The molecule has 0 bridgehead atoms. The fourth-order valence-electron chi connectivity index (χ4n) is 0.133. The van der Waals surface area contributed by atoms with Gasteiger partial charge in [-0.05, 0) is 45.2 Å². The summed E-state index contributed by atoms with van der Waals surface area (Å²) in [6.45, 7) is 0. The molecule has 0 spiro atoms. The molecule has 0 saturated heterocycles. The van der Waals surface area contributed by atoms with Crippen LogP contribution in [0, 0.1) is 0 Å². The summed E-state index contributed by atoms with van der Waals surface area (Å²) in [6.07, 6.45) is 0. The van der Waals surface area contributed by atoms with E-state index < -0.39 is 13.0 Å². The fourth-order valence-corrected chi connectivity index (χ4v) is 2.09. The van der Waals surface area contributed by atoms with Crippen LogP contribution in [0.2, 0.25) is 0 Å². The predicted molar refractivity (Wildman–Crippen MR) is 85.6 cm³/mol. The van der Waals surface area contributed by atoms with Crippen molar-refractivity contribution >= 4 is 124 Å². The zero-order valence-corrected chi connectivity index (χ0v) is 16.1. The minimum absolute atomic E-state index is 0.304. The van der Waals surface area contributed by atoms with Gasteiger partial charge < -0.3 is 4.55 Å². The second-order valence-corrected chi connectivity index (χ2v) is 18.0. The van der Waals surface area contributed by atoms with Crippen LogP contribution in [0.5, 0.6) is 0 Å². The van der Waals surface area contributed by atoms with Crippen molar-refractivity contribution in [1.29, 1.82) is 0 Å². The van der Waals surface area contributed by atoms with Crippen molar-refractivity contribution in [2.75, 3.05) is 0 Å². The number of hydrogen-bond donors (Lipinski definition) is 0. The molecule has 0 aromatic rings. The maximum absolute atomic E-state index is 10.2. The van der Waals surface area contributed by atoms with E-state index in [4.69, 9.17) is 0 Å². The molecule has 1 unspecified atom stereocenters. The normalized spacial score (nSPS) is 16.5. The molecule has 68 valence electrons. The largest absolute Gasteiger partial charge is 0.750 e. The first-order valence-electron chi connectivity index (χ1n) is 1.90. The molecule has 0 heterocycles. The molecule has 0 aliphatic rings. The molecule has 0 amide bonds. The van der Waals surface area contributed by atoms with Crippen molar-refractivity contribution in [1.82, 2.24) is 0 Å². The van der Waals surface area contributed by atoms with E-state index in [2.05, 4.69) is 72.0 Å². The van der Waals surface area contributed by atoms with Crippen molar-refractivity contribution in [3.63, 3.8) is 0 Å². The molecule has 0 rings (SSSR count). The maximum atomic E-state index is 10.2. The molecule has 0 fully saturated rings. The summed E-state index contributed by atoms with van der Waals surface area (Å²) < 4.78 is 24.1. The van der Waals surface area contributed by atoms with E-state index in [9.17, 15) is 8.76 Å². The summed E-state index contributed by atoms with van der Waals surface area (Å²) in [5, 5.41) is 0. The summed E-state index contributed by atoms with van der Waals surface area (Å²) in [4.78, 5) is 0. The summed E-state index contributed by atoms with van der Waals surface area (Å²) in [6, 6.07) is 0. The first-order valence-corrected chi connectivity index (χ1v) is 8.29. The van der Waals surface area contributed by atoms with Crippen LogP contribution in [0.25, 0.3) is 0 Å². The number of rotatable bonds is 3. The standard InChI is InChI=1S/C2HI5O3S/c3-1(4,5)2(6,7)10-11(8)9/h(H,8,9)/p-1. The molecular weight excluding hydrogens is 739 g/mol. The first-order chi connectivity index (χ1) is 4.67. The van der Waals surface area contributed by atoms with Crippen LogP contribution in [-0.2, 0) is 15.5 Å². The molecule has 0 radical (unpaired) electrons. The summed E-state index contributed by atoms with van der Waals surface area (Å²) >= 11 is 7.77. The van der Waals surface area contributed by atoms with Crippen molar-refractivity contribution < 1.29 is 12.9 Å². The molecular formula is C2I5O3S-. The highest BCUT2D eigenvalue weighted by Crippen LogP contribution is 2.55. The average molecular weight is 739 g/mol. The van der Waals surface area contributed by atoms with E-state index in [1.165, 1.54) is 0 Å². The van der Waals surface area contributed by atoms with Gasteiger partial charge in [-0.1, -0.05) is 67.8 Å². The van der Waals surface area contributed by atoms with Gasteiger partial charge >= 0.3 is 0 Å². The van der Waals surface area contributed by atoms with Crippen LogP contribution >= 0.6 is 113 Å². The summed E-state index contributed by atoms with van der Waals surface area (Å²) in [7, 11) is 0. The summed E-state index contributed by atoms with van der Waals surface area (Å²) in [5.74, 6) is 0. The van der Waals surface area contributed by atoms with Crippen molar-refractivity contribution in [2.45, 2.75) is 1.05 Å². The topological polar surface area (TPSA) is 49.4 Å². The van der Waals surface area contributed by atoms with Crippen LogP contribution in [0.15, 0.2) is 0 Å². The zero-order chi connectivity index (χ0) is 9.28. The molecule has 0 saturated carbocycles.